The number of nitro benzene ring substituents is 1. The zero-order valence-electron chi connectivity index (χ0n) is 10.9. The fraction of sp³-hybridized carbons (Fsp3) is 0.385. The largest absolute Gasteiger partial charge is 0.425 e. The van der Waals surface area contributed by atoms with Crippen molar-refractivity contribution in [3.8, 4) is 5.75 Å². The molecule has 1 aliphatic heterocycles. The fourth-order valence-corrected chi connectivity index (χ4v) is 2.21. The van der Waals surface area contributed by atoms with Gasteiger partial charge in [0.15, 0.2) is 0 Å². The Kier molecular flexibility index (Phi) is 3.97. The van der Waals surface area contributed by atoms with Gasteiger partial charge in [-0.1, -0.05) is 0 Å². The number of amides is 1. The van der Waals surface area contributed by atoms with Crippen LogP contribution in [0.3, 0.4) is 0 Å². The number of non-ortho nitro benzene ring substituents is 1. The average molecular weight is 278 g/mol. The number of hydrogen-bond acceptors (Lipinski definition) is 5. The van der Waals surface area contributed by atoms with Crippen LogP contribution in [0.15, 0.2) is 24.3 Å². The monoisotopic (exact) mass is 278 g/mol. The Bertz CT molecular complexity index is 540. The van der Waals surface area contributed by atoms with Crippen LogP contribution in [-0.4, -0.2) is 34.3 Å². The van der Waals surface area contributed by atoms with Gasteiger partial charge in [0.05, 0.1) is 4.92 Å². The minimum Gasteiger partial charge on any atom is -0.425 e. The van der Waals surface area contributed by atoms with Gasteiger partial charge in [0.1, 0.15) is 11.8 Å². The van der Waals surface area contributed by atoms with Crippen LogP contribution >= 0.6 is 0 Å². The zero-order chi connectivity index (χ0) is 14.7. The molecule has 0 N–H and O–H groups in total. The van der Waals surface area contributed by atoms with Gasteiger partial charge in [-0.3, -0.25) is 14.9 Å². The molecule has 2 rings (SSSR count). The normalized spacial score (nSPS) is 17.9. The first-order chi connectivity index (χ1) is 9.49. The summed E-state index contributed by atoms with van der Waals surface area (Å²) < 4.78 is 5.16. The molecule has 0 radical (unpaired) electrons. The Morgan fingerprint density at radius 3 is 2.55 bits per heavy atom. The number of esters is 1. The second-order valence-corrected chi connectivity index (χ2v) is 4.54. The van der Waals surface area contributed by atoms with Crippen LogP contribution in [0.5, 0.6) is 5.75 Å². The number of nitro groups is 1. The zero-order valence-corrected chi connectivity index (χ0v) is 10.9. The summed E-state index contributed by atoms with van der Waals surface area (Å²) in [6.07, 6.45) is 1.34. The van der Waals surface area contributed by atoms with Gasteiger partial charge in [-0.2, -0.15) is 0 Å². The van der Waals surface area contributed by atoms with Crippen LogP contribution in [0.1, 0.15) is 19.8 Å². The minimum atomic E-state index is -0.567. The van der Waals surface area contributed by atoms with Crippen molar-refractivity contribution in [2.24, 2.45) is 0 Å². The SMILES string of the molecule is CC(=O)N1CCC[C@H]1C(=O)Oc1ccc([N+](=O)[O-])cc1. The summed E-state index contributed by atoms with van der Waals surface area (Å²) in [5.41, 5.74) is -0.0731. The number of hydrogen-bond donors (Lipinski definition) is 0. The quantitative estimate of drug-likeness (QED) is 0.362. The van der Waals surface area contributed by atoms with Crippen molar-refractivity contribution in [1.29, 1.82) is 0 Å². The highest BCUT2D eigenvalue weighted by Crippen LogP contribution is 2.22. The Morgan fingerprint density at radius 2 is 2.00 bits per heavy atom. The highest BCUT2D eigenvalue weighted by Gasteiger charge is 2.33. The number of likely N-dealkylation sites (tertiary alicyclic amines) is 1. The van der Waals surface area contributed by atoms with Crippen molar-refractivity contribution in [2.75, 3.05) is 6.54 Å². The number of benzene rings is 1. The molecule has 1 aromatic carbocycles. The van der Waals surface area contributed by atoms with Crippen LogP contribution in [0.4, 0.5) is 5.69 Å². The van der Waals surface area contributed by atoms with E-state index in [1.165, 1.54) is 36.1 Å². The molecule has 1 saturated heterocycles. The summed E-state index contributed by atoms with van der Waals surface area (Å²) >= 11 is 0. The van der Waals surface area contributed by atoms with E-state index in [1.807, 2.05) is 0 Å². The van der Waals surface area contributed by atoms with Crippen molar-refractivity contribution in [3.63, 3.8) is 0 Å². The van der Waals surface area contributed by atoms with Crippen LogP contribution < -0.4 is 4.74 Å². The van der Waals surface area contributed by atoms with Crippen molar-refractivity contribution >= 4 is 17.6 Å². The summed E-state index contributed by atoms with van der Waals surface area (Å²) in [4.78, 5) is 34.8. The summed E-state index contributed by atoms with van der Waals surface area (Å²) in [5, 5.41) is 10.5. The number of rotatable bonds is 3. The molecule has 20 heavy (non-hydrogen) atoms. The molecule has 1 fully saturated rings. The summed E-state index contributed by atoms with van der Waals surface area (Å²) in [7, 11) is 0. The molecule has 106 valence electrons. The number of ether oxygens (including phenoxy) is 1. The van der Waals surface area contributed by atoms with Crippen molar-refractivity contribution < 1.29 is 19.2 Å². The highest BCUT2D eigenvalue weighted by molar-refractivity contribution is 5.85. The van der Waals surface area contributed by atoms with E-state index >= 15 is 0 Å². The summed E-state index contributed by atoms with van der Waals surface area (Å²) in [6, 6.07) is 4.69. The molecule has 0 aromatic heterocycles. The van der Waals surface area contributed by atoms with Crippen molar-refractivity contribution in [2.45, 2.75) is 25.8 Å². The van der Waals surface area contributed by atoms with E-state index in [-0.39, 0.29) is 17.3 Å². The molecule has 0 bridgehead atoms. The molecule has 7 heteroatoms. The van der Waals surface area contributed by atoms with Gasteiger partial charge in [0, 0.05) is 25.6 Å². The lowest BCUT2D eigenvalue weighted by molar-refractivity contribution is -0.384. The van der Waals surface area contributed by atoms with E-state index < -0.39 is 16.9 Å². The number of carbonyl (C=O) groups excluding carboxylic acids is 2. The Hall–Kier alpha value is -2.44. The van der Waals surface area contributed by atoms with E-state index in [0.717, 1.165) is 6.42 Å². The molecule has 1 aliphatic rings. The van der Waals surface area contributed by atoms with E-state index in [2.05, 4.69) is 0 Å². The van der Waals surface area contributed by atoms with E-state index in [4.69, 9.17) is 4.74 Å². The number of nitrogens with zero attached hydrogens (tertiary/aromatic N) is 2. The molecule has 0 spiro atoms. The maximum Gasteiger partial charge on any atom is 0.334 e. The molecule has 1 amide bonds. The van der Waals surface area contributed by atoms with Crippen LogP contribution in [0.25, 0.3) is 0 Å². The molecule has 0 unspecified atom stereocenters. The predicted molar refractivity (Wildman–Crippen MR) is 69.1 cm³/mol. The van der Waals surface area contributed by atoms with Gasteiger partial charge < -0.3 is 9.64 Å². The predicted octanol–water partition coefficient (Wildman–Crippen LogP) is 1.51. The minimum absolute atomic E-state index is 0.0731. The molecule has 1 atom stereocenters. The van der Waals surface area contributed by atoms with E-state index in [9.17, 15) is 19.7 Å². The van der Waals surface area contributed by atoms with Crippen LogP contribution in [0.2, 0.25) is 0 Å². The summed E-state index contributed by atoms with van der Waals surface area (Å²) in [6.45, 7) is 1.97. The first-order valence-corrected chi connectivity index (χ1v) is 6.22. The standard InChI is InChI=1S/C13H14N2O5/c1-9(16)14-8-2-3-12(14)13(17)20-11-6-4-10(5-7-11)15(18)19/h4-7,12H,2-3,8H2,1H3/t12-/m0/s1. The number of carbonyl (C=O) groups is 2. The molecule has 0 saturated carbocycles. The lowest BCUT2D eigenvalue weighted by atomic mass is 10.2. The lowest BCUT2D eigenvalue weighted by Gasteiger charge is -2.21. The smallest absolute Gasteiger partial charge is 0.334 e. The Balaban J connectivity index is 2.04. The fourth-order valence-electron chi connectivity index (χ4n) is 2.21. The Morgan fingerprint density at radius 1 is 1.35 bits per heavy atom. The second-order valence-electron chi connectivity index (χ2n) is 4.54. The maximum atomic E-state index is 12.0. The van der Waals surface area contributed by atoms with E-state index in [0.29, 0.717) is 13.0 Å². The van der Waals surface area contributed by atoms with Gasteiger partial charge in [0.2, 0.25) is 5.91 Å². The maximum absolute atomic E-state index is 12.0. The first kappa shape index (κ1) is 14.0. The van der Waals surface area contributed by atoms with Gasteiger partial charge in [-0.25, -0.2) is 4.79 Å². The molecular formula is C13H14N2O5. The van der Waals surface area contributed by atoms with E-state index in [1.54, 1.807) is 0 Å². The van der Waals surface area contributed by atoms with Gasteiger partial charge in [0.25, 0.3) is 5.69 Å². The van der Waals surface area contributed by atoms with Gasteiger partial charge >= 0.3 is 5.97 Å². The summed E-state index contributed by atoms with van der Waals surface area (Å²) in [5.74, 6) is -0.435. The van der Waals surface area contributed by atoms with Crippen molar-refractivity contribution in [3.05, 3.63) is 34.4 Å². The Labute approximate surface area is 115 Å². The molecule has 7 nitrogen and oxygen atoms in total. The van der Waals surface area contributed by atoms with Crippen LogP contribution in [0, 0.1) is 10.1 Å². The second kappa shape index (κ2) is 5.68. The molecular weight excluding hydrogens is 264 g/mol. The first-order valence-electron chi connectivity index (χ1n) is 6.22. The molecule has 1 aromatic rings. The van der Waals surface area contributed by atoms with Crippen molar-refractivity contribution in [1.82, 2.24) is 4.90 Å². The topological polar surface area (TPSA) is 89.8 Å². The third-order valence-electron chi connectivity index (χ3n) is 3.20. The average Bonchev–Trinajstić information content (AvgIpc) is 2.88. The van der Waals surface area contributed by atoms with Gasteiger partial charge in [-0.15, -0.1) is 0 Å². The third kappa shape index (κ3) is 2.93. The molecule has 1 heterocycles. The van der Waals surface area contributed by atoms with Crippen LogP contribution in [-0.2, 0) is 9.59 Å². The van der Waals surface area contributed by atoms with Gasteiger partial charge in [-0.05, 0) is 25.0 Å². The third-order valence-corrected chi connectivity index (χ3v) is 3.20. The highest BCUT2D eigenvalue weighted by atomic mass is 16.6. The lowest BCUT2D eigenvalue weighted by Crippen LogP contribution is -2.41. The molecule has 0 aliphatic carbocycles.